The molecule has 2 aromatic rings. The van der Waals surface area contributed by atoms with Crippen molar-refractivity contribution >= 4 is 21.9 Å². The quantitative estimate of drug-likeness (QED) is 0.555. The van der Waals surface area contributed by atoms with E-state index in [1.54, 1.807) is 12.1 Å². The number of benzene rings is 2. The largest absolute Gasteiger partial charge is 0.456 e. The number of carbonyl (C=O) groups excluding carboxylic acids is 2. The minimum Gasteiger partial charge on any atom is -0.456 e. The van der Waals surface area contributed by atoms with E-state index in [1.807, 2.05) is 12.1 Å². The van der Waals surface area contributed by atoms with Crippen LogP contribution in [0.15, 0.2) is 53.4 Å². The summed E-state index contributed by atoms with van der Waals surface area (Å²) in [6.07, 6.45) is 7.83. The van der Waals surface area contributed by atoms with Gasteiger partial charge in [-0.3, -0.25) is 9.59 Å². The molecule has 0 radical (unpaired) electrons. The van der Waals surface area contributed by atoms with E-state index in [0.717, 1.165) is 48.9 Å². The summed E-state index contributed by atoms with van der Waals surface area (Å²) in [6, 6.07) is 11.3. The topological polar surface area (TPSA) is 92.8 Å². The van der Waals surface area contributed by atoms with E-state index in [2.05, 4.69) is 5.32 Å². The van der Waals surface area contributed by atoms with Gasteiger partial charge in [0.2, 0.25) is 10.0 Å². The molecule has 0 saturated heterocycles. The Hall–Kier alpha value is -2.78. The number of ether oxygens (including phenoxy) is 1. The van der Waals surface area contributed by atoms with Crippen LogP contribution in [0.5, 0.6) is 0 Å². The number of halogens is 1. The summed E-state index contributed by atoms with van der Waals surface area (Å²) in [4.78, 5) is 25.2. The summed E-state index contributed by atoms with van der Waals surface area (Å²) in [7, 11) is -3.99. The number of nitrogens with zero attached hydrogens (tertiary/aromatic N) is 1. The second-order valence-corrected chi connectivity index (χ2v) is 11.4. The molecule has 1 amide bonds. The number of fused-ring (bicyclic) bond motifs is 1. The maximum atomic E-state index is 13.4. The number of carbonyl (C=O) groups is 2. The molecule has 194 valence electrons. The Morgan fingerprint density at radius 1 is 0.972 bits per heavy atom. The maximum absolute atomic E-state index is 13.4. The van der Waals surface area contributed by atoms with Gasteiger partial charge >= 0.3 is 5.97 Å². The first kappa shape index (κ1) is 26.3. The molecule has 2 aliphatic rings. The van der Waals surface area contributed by atoms with E-state index in [-0.39, 0.29) is 29.8 Å². The van der Waals surface area contributed by atoms with Crippen LogP contribution in [0.1, 0.15) is 68.5 Å². The normalized spacial score (nSPS) is 19.5. The van der Waals surface area contributed by atoms with E-state index >= 15 is 0 Å². The molecule has 1 atom stereocenters. The zero-order valence-electron chi connectivity index (χ0n) is 20.3. The van der Waals surface area contributed by atoms with Gasteiger partial charge in [-0.1, -0.05) is 56.4 Å². The SMILES string of the molecule is O=C(COC(=O)C[C@@H]1c2ccccc2CCN1S(=O)(=O)c1ccc(F)cc1)NC1CCCCCCC1. The van der Waals surface area contributed by atoms with Crippen LogP contribution in [0.3, 0.4) is 0 Å². The van der Waals surface area contributed by atoms with Crippen LogP contribution in [-0.2, 0) is 30.8 Å². The molecule has 0 unspecified atom stereocenters. The summed E-state index contributed by atoms with van der Waals surface area (Å²) < 4.78 is 46.8. The van der Waals surface area contributed by atoms with E-state index < -0.39 is 34.5 Å². The van der Waals surface area contributed by atoms with Gasteiger partial charge in [-0.05, 0) is 54.7 Å². The van der Waals surface area contributed by atoms with Crippen molar-refractivity contribution in [3.05, 3.63) is 65.5 Å². The molecule has 9 heteroatoms. The number of hydrogen-bond acceptors (Lipinski definition) is 5. The molecule has 0 aromatic heterocycles. The Kier molecular flexibility index (Phi) is 8.74. The molecule has 7 nitrogen and oxygen atoms in total. The molecule has 1 N–H and O–H groups in total. The Morgan fingerprint density at radius 3 is 2.36 bits per heavy atom. The Morgan fingerprint density at radius 2 is 1.64 bits per heavy atom. The van der Waals surface area contributed by atoms with Crippen molar-refractivity contribution in [2.24, 2.45) is 0 Å². The zero-order valence-corrected chi connectivity index (χ0v) is 21.1. The molecule has 36 heavy (non-hydrogen) atoms. The lowest BCUT2D eigenvalue weighted by Gasteiger charge is -2.36. The number of hydrogen-bond donors (Lipinski definition) is 1. The molecule has 1 fully saturated rings. The van der Waals surface area contributed by atoms with Gasteiger partial charge in [0.05, 0.1) is 17.4 Å². The molecule has 2 aromatic carbocycles. The first-order valence-corrected chi connectivity index (χ1v) is 14.1. The second kappa shape index (κ2) is 12.0. The van der Waals surface area contributed by atoms with Gasteiger partial charge < -0.3 is 10.1 Å². The standard InChI is InChI=1S/C27H33FN2O5S/c28-21-12-14-23(15-13-21)36(33,34)30-17-16-20-8-6-7-11-24(20)25(30)18-27(32)35-19-26(31)29-22-9-4-2-1-3-5-10-22/h6-8,11-15,22,25H,1-5,9-10,16-19H2,(H,29,31)/t25-/m1/s1. The Labute approximate surface area is 212 Å². The van der Waals surface area contributed by atoms with Gasteiger partial charge in [-0.2, -0.15) is 4.31 Å². The van der Waals surface area contributed by atoms with Crippen molar-refractivity contribution in [1.82, 2.24) is 9.62 Å². The average molecular weight is 517 g/mol. The van der Waals surface area contributed by atoms with Gasteiger partial charge in [0, 0.05) is 12.6 Å². The fourth-order valence-electron chi connectivity index (χ4n) is 5.10. The second-order valence-electron chi connectivity index (χ2n) is 9.51. The smallest absolute Gasteiger partial charge is 0.308 e. The molecule has 0 spiro atoms. The lowest BCUT2D eigenvalue weighted by atomic mass is 9.92. The molecule has 0 bridgehead atoms. The molecule has 1 aliphatic carbocycles. The van der Waals surface area contributed by atoms with Crippen LogP contribution in [0.4, 0.5) is 4.39 Å². The third-order valence-corrected chi connectivity index (χ3v) is 8.90. The summed E-state index contributed by atoms with van der Waals surface area (Å²) in [5, 5.41) is 2.97. The van der Waals surface area contributed by atoms with E-state index in [9.17, 15) is 22.4 Å². The number of rotatable bonds is 7. The summed E-state index contributed by atoms with van der Waals surface area (Å²) in [6.45, 7) is -0.217. The van der Waals surface area contributed by atoms with Crippen LogP contribution in [0.2, 0.25) is 0 Å². The van der Waals surface area contributed by atoms with Crippen molar-refractivity contribution in [1.29, 1.82) is 0 Å². The molecular weight excluding hydrogens is 483 g/mol. The van der Waals surface area contributed by atoms with Gasteiger partial charge in [-0.15, -0.1) is 0 Å². The van der Waals surface area contributed by atoms with E-state index in [0.29, 0.717) is 6.42 Å². The number of esters is 1. The lowest BCUT2D eigenvalue weighted by Crippen LogP contribution is -2.41. The van der Waals surface area contributed by atoms with Crippen molar-refractivity contribution < 1.29 is 27.1 Å². The lowest BCUT2D eigenvalue weighted by molar-refractivity contribution is -0.149. The third kappa shape index (κ3) is 6.50. The summed E-state index contributed by atoms with van der Waals surface area (Å²) >= 11 is 0. The number of amides is 1. The molecule has 1 heterocycles. The van der Waals surface area contributed by atoms with Crippen LogP contribution >= 0.6 is 0 Å². The van der Waals surface area contributed by atoms with Crippen LogP contribution in [0.25, 0.3) is 0 Å². The van der Waals surface area contributed by atoms with Gasteiger partial charge in [0.1, 0.15) is 5.82 Å². The van der Waals surface area contributed by atoms with Gasteiger partial charge in [0.15, 0.2) is 6.61 Å². The van der Waals surface area contributed by atoms with Gasteiger partial charge in [0.25, 0.3) is 5.91 Å². The minimum absolute atomic E-state index is 0.0415. The van der Waals surface area contributed by atoms with E-state index in [4.69, 9.17) is 4.74 Å². The highest BCUT2D eigenvalue weighted by atomic mass is 32.2. The third-order valence-electron chi connectivity index (χ3n) is 6.98. The zero-order chi connectivity index (χ0) is 25.5. The maximum Gasteiger partial charge on any atom is 0.308 e. The molecular formula is C27H33FN2O5S. The van der Waals surface area contributed by atoms with Crippen molar-refractivity contribution in [3.8, 4) is 0 Å². The molecule has 1 saturated carbocycles. The van der Waals surface area contributed by atoms with Crippen LogP contribution < -0.4 is 5.32 Å². The van der Waals surface area contributed by atoms with E-state index in [1.165, 1.54) is 35.7 Å². The predicted molar refractivity (Wildman–Crippen MR) is 133 cm³/mol. The summed E-state index contributed by atoms with van der Waals surface area (Å²) in [5.74, 6) is -1.52. The Balaban J connectivity index is 1.44. The minimum atomic E-state index is -3.99. The molecule has 1 aliphatic heterocycles. The highest BCUT2D eigenvalue weighted by Crippen LogP contribution is 2.36. The van der Waals surface area contributed by atoms with Crippen molar-refractivity contribution in [2.45, 2.75) is 74.8 Å². The molecule has 4 rings (SSSR count). The number of nitrogens with one attached hydrogen (secondary N) is 1. The Bertz CT molecular complexity index is 1160. The fraction of sp³-hybridized carbons (Fsp3) is 0.481. The highest BCUT2D eigenvalue weighted by molar-refractivity contribution is 7.89. The monoisotopic (exact) mass is 516 g/mol. The predicted octanol–water partition coefficient (Wildman–Crippen LogP) is 4.28. The van der Waals surface area contributed by atoms with Crippen molar-refractivity contribution in [3.63, 3.8) is 0 Å². The highest BCUT2D eigenvalue weighted by Gasteiger charge is 2.38. The van der Waals surface area contributed by atoms with Crippen molar-refractivity contribution in [2.75, 3.05) is 13.2 Å². The first-order valence-electron chi connectivity index (χ1n) is 12.6. The average Bonchev–Trinajstić information content (AvgIpc) is 2.84. The fourth-order valence-corrected chi connectivity index (χ4v) is 6.71. The van der Waals surface area contributed by atoms with Gasteiger partial charge in [-0.25, -0.2) is 12.8 Å². The summed E-state index contributed by atoms with van der Waals surface area (Å²) in [5.41, 5.74) is 1.69. The first-order chi connectivity index (χ1) is 17.3. The van der Waals surface area contributed by atoms with Crippen LogP contribution in [0, 0.1) is 5.82 Å². The van der Waals surface area contributed by atoms with Crippen LogP contribution in [-0.4, -0.2) is 43.8 Å². The number of sulfonamides is 1.